The molecule has 0 spiro atoms. The molecule has 1 aromatic carbocycles. The minimum Gasteiger partial charge on any atom is -0.504 e. The third-order valence-electron chi connectivity index (χ3n) is 4.84. The van der Waals surface area contributed by atoms with Gasteiger partial charge in [-0.2, -0.15) is 23.5 Å². The Morgan fingerprint density at radius 3 is 2.61 bits per heavy atom. The minimum atomic E-state index is -0.470. The molecule has 0 fully saturated rings. The number of carbonyl (C=O) groups excluding carboxylic acids is 2. The summed E-state index contributed by atoms with van der Waals surface area (Å²) in [5.74, 6) is 2.00. The maximum absolute atomic E-state index is 12.1. The van der Waals surface area contributed by atoms with Crippen molar-refractivity contribution in [2.75, 3.05) is 17.3 Å². The molecular weight excluding hydrogens is 392 g/mol. The third-order valence-corrected chi connectivity index (χ3v) is 7.12. The fourth-order valence-electron chi connectivity index (χ4n) is 3.29. The van der Waals surface area contributed by atoms with Gasteiger partial charge in [-0.25, -0.2) is 0 Å². The maximum atomic E-state index is 12.1. The van der Waals surface area contributed by atoms with Crippen LogP contribution in [-0.2, 0) is 9.59 Å². The zero-order chi connectivity index (χ0) is 20.4. The van der Waals surface area contributed by atoms with Crippen LogP contribution in [0, 0.1) is 0 Å². The lowest BCUT2D eigenvalue weighted by Gasteiger charge is -2.16. The highest BCUT2D eigenvalue weighted by molar-refractivity contribution is 8.01. The zero-order valence-electron chi connectivity index (χ0n) is 16.4. The average Bonchev–Trinajstić information content (AvgIpc) is 2.98. The number of benzene rings is 1. The van der Waals surface area contributed by atoms with Crippen molar-refractivity contribution in [2.45, 2.75) is 56.8 Å². The number of allylic oxidation sites excluding steroid dienone is 1. The van der Waals surface area contributed by atoms with Crippen LogP contribution in [0.5, 0.6) is 0 Å². The van der Waals surface area contributed by atoms with E-state index in [0.717, 1.165) is 61.0 Å². The van der Waals surface area contributed by atoms with Crippen molar-refractivity contribution >= 4 is 41.2 Å². The Hall–Kier alpha value is -1.24. The van der Waals surface area contributed by atoms with Crippen LogP contribution in [0.4, 0.5) is 0 Å². The van der Waals surface area contributed by atoms with Gasteiger partial charge in [0.05, 0.1) is 6.10 Å². The van der Waals surface area contributed by atoms with Gasteiger partial charge in [0.2, 0.25) is 0 Å². The summed E-state index contributed by atoms with van der Waals surface area (Å²) in [6, 6.07) is 7.59. The number of aliphatic hydroxyl groups is 2. The van der Waals surface area contributed by atoms with Gasteiger partial charge >= 0.3 is 0 Å². The molecule has 0 aliphatic heterocycles. The Morgan fingerprint density at radius 2 is 1.93 bits per heavy atom. The summed E-state index contributed by atoms with van der Waals surface area (Å²) in [6.45, 7) is 2.14. The number of carbonyl (C=O) groups is 2. The lowest BCUT2D eigenvalue weighted by atomic mass is 9.98. The molecular formula is C22H30O4S2. The molecule has 1 aromatic rings. The number of hydrogen-bond acceptors (Lipinski definition) is 6. The van der Waals surface area contributed by atoms with Crippen molar-refractivity contribution in [3.05, 3.63) is 41.2 Å². The number of unbranched alkanes of at least 4 members (excludes halogenated alkanes) is 2. The highest BCUT2D eigenvalue weighted by Gasteiger charge is 2.33. The molecule has 0 saturated carbocycles. The van der Waals surface area contributed by atoms with E-state index in [9.17, 15) is 19.8 Å². The van der Waals surface area contributed by atoms with Crippen LogP contribution < -0.4 is 0 Å². The van der Waals surface area contributed by atoms with Gasteiger partial charge in [-0.1, -0.05) is 50.5 Å². The number of Topliss-reactive ketones (excluding diaryl/α,β-unsaturated/α-hetero) is 1. The summed E-state index contributed by atoms with van der Waals surface area (Å²) in [5.41, 5.74) is 2.43. The molecule has 0 radical (unpaired) electrons. The molecule has 6 heteroatoms. The molecule has 1 aliphatic carbocycles. The number of hydrogen-bond donors (Lipinski definition) is 2. The first kappa shape index (κ1) is 23.0. The van der Waals surface area contributed by atoms with Crippen LogP contribution in [0.15, 0.2) is 30.0 Å². The molecule has 1 unspecified atom stereocenters. The molecule has 2 atom stereocenters. The zero-order valence-corrected chi connectivity index (χ0v) is 18.1. The molecule has 0 heterocycles. The van der Waals surface area contributed by atoms with E-state index in [0.29, 0.717) is 17.7 Å². The van der Waals surface area contributed by atoms with Gasteiger partial charge < -0.3 is 15.0 Å². The van der Waals surface area contributed by atoms with Crippen LogP contribution in [0.2, 0.25) is 0 Å². The van der Waals surface area contributed by atoms with E-state index in [4.69, 9.17) is 0 Å². The second kappa shape index (κ2) is 12.3. The van der Waals surface area contributed by atoms with Gasteiger partial charge in [0.1, 0.15) is 6.29 Å². The minimum absolute atomic E-state index is 0.0381. The van der Waals surface area contributed by atoms with Crippen LogP contribution >= 0.6 is 23.5 Å². The van der Waals surface area contributed by atoms with E-state index in [-0.39, 0.29) is 16.8 Å². The topological polar surface area (TPSA) is 74.6 Å². The predicted octanol–water partition coefficient (Wildman–Crippen LogP) is 4.97. The van der Waals surface area contributed by atoms with Gasteiger partial charge in [-0.3, -0.25) is 4.79 Å². The summed E-state index contributed by atoms with van der Waals surface area (Å²) in [7, 11) is 0. The second-order valence-electron chi connectivity index (χ2n) is 6.98. The Bertz CT molecular complexity index is 670. The van der Waals surface area contributed by atoms with Crippen LogP contribution in [0.1, 0.15) is 62.7 Å². The van der Waals surface area contributed by atoms with E-state index >= 15 is 0 Å². The number of aldehydes is 1. The van der Waals surface area contributed by atoms with Gasteiger partial charge in [0.25, 0.3) is 0 Å². The number of aliphatic hydroxyl groups excluding tert-OH is 2. The van der Waals surface area contributed by atoms with E-state index < -0.39 is 6.10 Å². The normalized spacial score (nSPS) is 17.9. The fourth-order valence-corrected chi connectivity index (χ4v) is 5.37. The molecule has 0 saturated heterocycles. The highest BCUT2D eigenvalue weighted by atomic mass is 32.2. The summed E-state index contributed by atoms with van der Waals surface area (Å²) >= 11 is 3.30. The van der Waals surface area contributed by atoms with E-state index in [1.54, 1.807) is 23.5 Å². The Morgan fingerprint density at radius 1 is 1.18 bits per heavy atom. The smallest absolute Gasteiger partial charge is 0.198 e. The first-order valence-corrected chi connectivity index (χ1v) is 12.2. The molecule has 2 N–H and O–H groups in total. The highest BCUT2D eigenvalue weighted by Crippen LogP contribution is 2.39. The van der Waals surface area contributed by atoms with Crippen molar-refractivity contribution < 1.29 is 19.8 Å². The molecule has 154 valence electrons. The fraction of sp³-hybridized carbons (Fsp3) is 0.545. The molecule has 4 nitrogen and oxygen atoms in total. The van der Waals surface area contributed by atoms with Crippen LogP contribution in [0.25, 0.3) is 5.57 Å². The Kier molecular flexibility index (Phi) is 10.2. The van der Waals surface area contributed by atoms with Gasteiger partial charge in [-0.15, -0.1) is 0 Å². The van der Waals surface area contributed by atoms with E-state index in [1.165, 1.54) is 0 Å². The van der Waals surface area contributed by atoms with Crippen molar-refractivity contribution in [1.82, 2.24) is 0 Å². The number of thioether (sulfide) groups is 2. The summed E-state index contributed by atoms with van der Waals surface area (Å²) < 4.78 is 0. The standard InChI is InChI=1S/C22H30O4S2/c1-2-3-4-6-18(24)16-7-9-17(10-8-16)21-20(15-19(25)22(21)26)28-13-5-12-27-14-11-23/h7-11,18,20,24,26H,2-6,12-15H2,1H3/t18?,20-/m0/s1. The monoisotopic (exact) mass is 422 g/mol. The average molecular weight is 423 g/mol. The summed E-state index contributed by atoms with van der Waals surface area (Å²) in [4.78, 5) is 22.4. The van der Waals surface area contributed by atoms with Gasteiger partial charge in [-0.05, 0) is 35.5 Å². The van der Waals surface area contributed by atoms with Crippen molar-refractivity contribution in [1.29, 1.82) is 0 Å². The molecule has 1 aliphatic rings. The predicted molar refractivity (Wildman–Crippen MR) is 119 cm³/mol. The first-order valence-electron chi connectivity index (χ1n) is 9.96. The molecule has 0 aromatic heterocycles. The van der Waals surface area contributed by atoms with Crippen LogP contribution in [-0.4, -0.2) is 44.8 Å². The molecule has 2 rings (SSSR count). The van der Waals surface area contributed by atoms with E-state index in [2.05, 4.69) is 6.92 Å². The van der Waals surface area contributed by atoms with E-state index in [1.807, 2.05) is 24.3 Å². The summed E-state index contributed by atoms with van der Waals surface area (Å²) in [5, 5.41) is 20.6. The maximum Gasteiger partial charge on any atom is 0.198 e. The molecule has 0 bridgehead atoms. The van der Waals surface area contributed by atoms with Gasteiger partial charge in [0.15, 0.2) is 11.5 Å². The number of rotatable bonds is 13. The first-order chi connectivity index (χ1) is 13.6. The lowest BCUT2D eigenvalue weighted by molar-refractivity contribution is -0.117. The van der Waals surface area contributed by atoms with Crippen LogP contribution in [0.3, 0.4) is 0 Å². The van der Waals surface area contributed by atoms with Crippen molar-refractivity contribution in [3.8, 4) is 0 Å². The Labute approximate surface area is 176 Å². The third kappa shape index (κ3) is 6.68. The molecule has 0 amide bonds. The largest absolute Gasteiger partial charge is 0.504 e. The quantitative estimate of drug-likeness (QED) is 0.345. The Balaban J connectivity index is 1.97. The SMILES string of the molecule is CCCCCC(O)c1ccc(C2=C(O)C(=O)C[C@@H]2SCCCSCC=O)cc1. The van der Waals surface area contributed by atoms with Crippen molar-refractivity contribution in [3.63, 3.8) is 0 Å². The van der Waals surface area contributed by atoms with Gasteiger partial charge in [0, 0.05) is 23.0 Å². The second-order valence-corrected chi connectivity index (χ2v) is 9.44. The molecule has 28 heavy (non-hydrogen) atoms. The summed E-state index contributed by atoms with van der Waals surface area (Å²) in [6.07, 6.45) is 5.73. The number of ketones is 1. The lowest BCUT2D eigenvalue weighted by Crippen LogP contribution is -2.05. The van der Waals surface area contributed by atoms with Crippen molar-refractivity contribution in [2.24, 2.45) is 0 Å².